The molecule has 5 heteroatoms. The standard InChI is InChI=1S/C14H15F2N3/c1-2-9-3-5-10(6-4-9)8-18-14-12(16)7-11(15)13(17)19-14/h3-7H,2,8H2,1H3,(H3,17,18,19). The van der Waals surface area contributed by atoms with Crippen molar-refractivity contribution in [1.29, 1.82) is 0 Å². The predicted octanol–water partition coefficient (Wildman–Crippen LogP) is 3.12. The van der Waals surface area contributed by atoms with Gasteiger partial charge in [-0.15, -0.1) is 0 Å². The fourth-order valence-electron chi connectivity index (χ4n) is 1.68. The molecule has 1 heterocycles. The van der Waals surface area contributed by atoms with Crippen LogP contribution in [0.3, 0.4) is 0 Å². The number of rotatable bonds is 4. The van der Waals surface area contributed by atoms with Gasteiger partial charge in [-0.05, 0) is 17.5 Å². The zero-order valence-corrected chi connectivity index (χ0v) is 10.6. The van der Waals surface area contributed by atoms with Gasteiger partial charge in [-0.2, -0.15) is 0 Å². The molecule has 1 aromatic heterocycles. The molecule has 2 aromatic rings. The van der Waals surface area contributed by atoms with E-state index in [1.165, 1.54) is 5.56 Å². The highest BCUT2D eigenvalue weighted by Crippen LogP contribution is 2.17. The van der Waals surface area contributed by atoms with Crippen LogP contribution in [0.15, 0.2) is 30.3 Å². The molecule has 0 spiro atoms. The summed E-state index contributed by atoms with van der Waals surface area (Å²) in [6.07, 6.45) is 0.971. The number of nitrogen functional groups attached to an aromatic ring is 1. The minimum atomic E-state index is -0.852. The Morgan fingerprint density at radius 2 is 1.74 bits per heavy atom. The first kappa shape index (κ1) is 13.3. The molecule has 3 N–H and O–H groups in total. The van der Waals surface area contributed by atoms with Gasteiger partial charge in [0.15, 0.2) is 23.3 Å². The van der Waals surface area contributed by atoms with Crippen molar-refractivity contribution in [2.24, 2.45) is 0 Å². The highest BCUT2D eigenvalue weighted by Gasteiger charge is 2.09. The van der Waals surface area contributed by atoms with Gasteiger partial charge in [-0.25, -0.2) is 13.8 Å². The molecule has 0 atom stereocenters. The third-order valence-corrected chi connectivity index (χ3v) is 2.85. The van der Waals surface area contributed by atoms with Crippen molar-refractivity contribution in [3.63, 3.8) is 0 Å². The normalized spacial score (nSPS) is 10.5. The van der Waals surface area contributed by atoms with Crippen molar-refractivity contribution in [2.75, 3.05) is 11.1 Å². The Morgan fingerprint density at radius 3 is 2.37 bits per heavy atom. The molecule has 0 amide bonds. The van der Waals surface area contributed by atoms with Crippen LogP contribution in [0, 0.1) is 11.6 Å². The summed E-state index contributed by atoms with van der Waals surface area (Å²) in [5.74, 6) is -1.96. The highest BCUT2D eigenvalue weighted by atomic mass is 19.1. The topological polar surface area (TPSA) is 50.9 Å². The van der Waals surface area contributed by atoms with E-state index in [-0.39, 0.29) is 11.6 Å². The zero-order valence-electron chi connectivity index (χ0n) is 10.6. The van der Waals surface area contributed by atoms with Crippen LogP contribution >= 0.6 is 0 Å². The summed E-state index contributed by atoms with van der Waals surface area (Å²) >= 11 is 0. The lowest BCUT2D eigenvalue weighted by atomic mass is 10.1. The van der Waals surface area contributed by atoms with Gasteiger partial charge < -0.3 is 11.1 Å². The fourth-order valence-corrected chi connectivity index (χ4v) is 1.68. The number of aryl methyl sites for hydroxylation is 1. The van der Waals surface area contributed by atoms with Crippen LogP contribution in [0.4, 0.5) is 20.4 Å². The lowest BCUT2D eigenvalue weighted by Crippen LogP contribution is -2.07. The minimum Gasteiger partial charge on any atom is -0.381 e. The van der Waals surface area contributed by atoms with Crippen molar-refractivity contribution >= 4 is 11.6 Å². The Balaban J connectivity index is 2.07. The number of halogens is 2. The van der Waals surface area contributed by atoms with Gasteiger partial charge in [-0.3, -0.25) is 0 Å². The third-order valence-electron chi connectivity index (χ3n) is 2.85. The summed E-state index contributed by atoms with van der Waals surface area (Å²) < 4.78 is 26.4. The van der Waals surface area contributed by atoms with Crippen molar-refractivity contribution in [2.45, 2.75) is 19.9 Å². The van der Waals surface area contributed by atoms with E-state index in [9.17, 15) is 8.78 Å². The number of nitrogens with two attached hydrogens (primary N) is 1. The van der Waals surface area contributed by atoms with Crippen LogP contribution in [0.2, 0.25) is 0 Å². The molecule has 0 saturated heterocycles. The highest BCUT2D eigenvalue weighted by molar-refractivity contribution is 5.45. The van der Waals surface area contributed by atoms with Crippen LogP contribution in [0.25, 0.3) is 0 Å². The summed E-state index contributed by atoms with van der Waals surface area (Å²) in [6.45, 7) is 2.48. The Kier molecular flexibility index (Phi) is 3.94. The first-order valence-electron chi connectivity index (χ1n) is 6.03. The summed E-state index contributed by atoms with van der Waals surface area (Å²) in [4.78, 5) is 3.64. The Hall–Kier alpha value is -2.17. The number of nitrogens with one attached hydrogen (secondary N) is 1. The van der Waals surface area contributed by atoms with Crippen molar-refractivity contribution in [1.82, 2.24) is 4.98 Å². The van der Waals surface area contributed by atoms with Crippen molar-refractivity contribution < 1.29 is 8.78 Å². The fraction of sp³-hybridized carbons (Fsp3) is 0.214. The van der Waals surface area contributed by atoms with E-state index in [1.807, 2.05) is 24.3 Å². The third kappa shape index (κ3) is 3.19. The Labute approximate surface area is 110 Å². The molecule has 0 aliphatic rings. The summed E-state index contributed by atoms with van der Waals surface area (Å²) in [6, 6.07) is 8.66. The Bertz CT molecular complexity index is 568. The zero-order chi connectivity index (χ0) is 13.8. The number of pyridine rings is 1. The SMILES string of the molecule is CCc1ccc(CNc2nc(N)c(F)cc2F)cc1. The quantitative estimate of drug-likeness (QED) is 0.891. The van der Waals surface area contributed by atoms with Gasteiger partial charge in [0.25, 0.3) is 0 Å². The first-order chi connectivity index (χ1) is 9.10. The molecule has 0 radical (unpaired) electrons. The lowest BCUT2D eigenvalue weighted by molar-refractivity contribution is 0.579. The van der Waals surface area contributed by atoms with Crippen LogP contribution in [0.5, 0.6) is 0 Å². The number of nitrogens with zero attached hydrogens (tertiary/aromatic N) is 1. The molecule has 0 aliphatic heterocycles. The minimum absolute atomic E-state index is 0.0431. The molecule has 2 rings (SSSR count). The first-order valence-corrected chi connectivity index (χ1v) is 6.03. The molecule has 0 aliphatic carbocycles. The molecule has 0 fully saturated rings. The molecule has 0 unspecified atom stereocenters. The smallest absolute Gasteiger partial charge is 0.168 e. The van der Waals surface area contributed by atoms with E-state index in [2.05, 4.69) is 17.2 Å². The van der Waals surface area contributed by atoms with Crippen LogP contribution in [-0.4, -0.2) is 4.98 Å². The molecule has 100 valence electrons. The maximum atomic E-state index is 13.4. The Morgan fingerprint density at radius 1 is 1.11 bits per heavy atom. The molecule has 0 bridgehead atoms. The number of benzene rings is 1. The van der Waals surface area contributed by atoms with E-state index in [4.69, 9.17) is 5.73 Å². The van der Waals surface area contributed by atoms with Crippen LogP contribution in [0.1, 0.15) is 18.1 Å². The van der Waals surface area contributed by atoms with Crippen molar-refractivity contribution in [3.8, 4) is 0 Å². The van der Waals surface area contributed by atoms with Crippen molar-refractivity contribution in [3.05, 3.63) is 53.1 Å². The van der Waals surface area contributed by atoms with Gasteiger partial charge >= 0.3 is 0 Å². The molecular formula is C14H15F2N3. The van der Waals surface area contributed by atoms with E-state index in [0.29, 0.717) is 6.54 Å². The molecular weight excluding hydrogens is 248 g/mol. The second kappa shape index (κ2) is 5.65. The maximum Gasteiger partial charge on any atom is 0.168 e. The van der Waals surface area contributed by atoms with Crippen LogP contribution < -0.4 is 11.1 Å². The molecule has 1 aromatic carbocycles. The predicted molar refractivity (Wildman–Crippen MR) is 71.7 cm³/mol. The largest absolute Gasteiger partial charge is 0.381 e. The summed E-state index contributed by atoms with van der Waals surface area (Å²) in [7, 11) is 0. The number of anilines is 2. The summed E-state index contributed by atoms with van der Waals surface area (Å²) in [5.41, 5.74) is 7.53. The van der Waals surface area contributed by atoms with E-state index in [1.54, 1.807) is 0 Å². The van der Waals surface area contributed by atoms with Gasteiger partial charge in [-0.1, -0.05) is 31.2 Å². The molecule has 3 nitrogen and oxygen atoms in total. The van der Waals surface area contributed by atoms with Gasteiger partial charge in [0, 0.05) is 12.6 Å². The number of hydrogen-bond donors (Lipinski definition) is 2. The second-order valence-electron chi connectivity index (χ2n) is 4.21. The van der Waals surface area contributed by atoms with Gasteiger partial charge in [0.1, 0.15) is 0 Å². The van der Waals surface area contributed by atoms with E-state index < -0.39 is 11.6 Å². The summed E-state index contributed by atoms with van der Waals surface area (Å²) in [5, 5.41) is 2.80. The monoisotopic (exact) mass is 263 g/mol. The van der Waals surface area contributed by atoms with Gasteiger partial charge in [0.05, 0.1) is 0 Å². The molecule has 0 saturated carbocycles. The van der Waals surface area contributed by atoms with Gasteiger partial charge in [0.2, 0.25) is 0 Å². The van der Waals surface area contributed by atoms with E-state index in [0.717, 1.165) is 18.1 Å². The number of aromatic nitrogens is 1. The average molecular weight is 263 g/mol. The lowest BCUT2D eigenvalue weighted by Gasteiger charge is -2.08. The second-order valence-corrected chi connectivity index (χ2v) is 4.21. The molecule has 19 heavy (non-hydrogen) atoms. The average Bonchev–Trinajstić information content (AvgIpc) is 2.42. The number of hydrogen-bond acceptors (Lipinski definition) is 3. The van der Waals surface area contributed by atoms with Crippen LogP contribution in [-0.2, 0) is 13.0 Å². The van der Waals surface area contributed by atoms with E-state index >= 15 is 0 Å². The maximum absolute atomic E-state index is 13.4.